The number of nitro benzene ring substituents is 1. The number of esters is 2. The number of anilines is 1. The van der Waals surface area contributed by atoms with E-state index in [-0.39, 0.29) is 57.7 Å². The molecule has 0 aliphatic rings. The van der Waals surface area contributed by atoms with Gasteiger partial charge in [0.2, 0.25) is 5.71 Å². The van der Waals surface area contributed by atoms with Gasteiger partial charge in [0.1, 0.15) is 22.7 Å². The number of furan rings is 1. The van der Waals surface area contributed by atoms with Crippen molar-refractivity contribution in [2.24, 2.45) is 0 Å². The molecule has 0 saturated heterocycles. The summed E-state index contributed by atoms with van der Waals surface area (Å²) in [6.45, 7) is 2.88. The molecule has 0 fully saturated rings. The summed E-state index contributed by atoms with van der Waals surface area (Å²) in [6.07, 6.45) is 0. The van der Waals surface area contributed by atoms with Gasteiger partial charge in [-0.05, 0) is 13.8 Å². The zero-order chi connectivity index (χ0) is 24.3. The van der Waals surface area contributed by atoms with E-state index < -0.39 is 29.2 Å². The van der Waals surface area contributed by atoms with Crippen LogP contribution in [0.2, 0.25) is 0 Å². The van der Waals surface area contributed by atoms with E-state index in [1.165, 1.54) is 14.2 Å². The lowest BCUT2D eigenvalue weighted by Crippen LogP contribution is -2.11. The second kappa shape index (κ2) is 9.38. The number of methoxy groups -OCH3 is 2. The number of hydrogen-bond donors (Lipinski definition) is 1. The van der Waals surface area contributed by atoms with Crippen LogP contribution >= 0.6 is 0 Å². The van der Waals surface area contributed by atoms with Gasteiger partial charge in [0.25, 0.3) is 5.69 Å². The lowest BCUT2D eigenvalue weighted by molar-refractivity contribution is -0.385. The molecule has 33 heavy (non-hydrogen) atoms. The van der Waals surface area contributed by atoms with E-state index in [1.54, 1.807) is 13.8 Å². The highest BCUT2D eigenvalue weighted by atomic mass is 16.6. The third-order valence-electron chi connectivity index (χ3n) is 4.53. The number of carbonyl (C=O) groups is 2. The van der Waals surface area contributed by atoms with Crippen LogP contribution in [0.15, 0.2) is 16.5 Å². The molecular formula is C20H20N4O9. The number of fused-ring (bicyclic) bond motifs is 1. The Morgan fingerprint density at radius 3 is 2.39 bits per heavy atom. The van der Waals surface area contributed by atoms with Crippen molar-refractivity contribution >= 4 is 34.5 Å². The number of nitrogens with two attached hydrogens (primary N) is 1. The third-order valence-corrected chi connectivity index (χ3v) is 4.53. The fourth-order valence-electron chi connectivity index (χ4n) is 3.09. The Bertz CT molecular complexity index is 1250. The zero-order valence-electron chi connectivity index (χ0n) is 18.2. The molecule has 13 nitrogen and oxygen atoms in total. The molecular weight excluding hydrogens is 440 g/mol. The Labute approximate surface area is 186 Å². The van der Waals surface area contributed by atoms with E-state index >= 15 is 0 Å². The maximum absolute atomic E-state index is 12.6. The largest absolute Gasteiger partial charge is 0.493 e. The van der Waals surface area contributed by atoms with Crippen LogP contribution in [0.4, 0.5) is 11.5 Å². The van der Waals surface area contributed by atoms with Crippen molar-refractivity contribution in [3.05, 3.63) is 45.0 Å². The normalized spacial score (nSPS) is 10.7. The minimum Gasteiger partial charge on any atom is -0.493 e. The monoisotopic (exact) mass is 460 g/mol. The van der Waals surface area contributed by atoms with Gasteiger partial charge in [-0.15, -0.1) is 0 Å². The fraction of sp³-hybridized carbons (Fsp3) is 0.300. The Balaban J connectivity index is 1.90. The number of rotatable bonds is 8. The van der Waals surface area contributed by atoms with E-state index in [4.69, 9.17) is 29.1 Å². The minimum absolute atomic E-state index is 0.00574. The minimum atomic E-state index is -1.02. The number of benzene rings is 1. The van der Waals surface area contributed by atoms with Crippen LogP contribution in [0.25, 0.3) is 11.1 Å². The Kier molecular flexibility index (Phi) is 6.61. The van der Waals surface area contributed by atoms with Gasteiger partial charge in [0, 0.05) is 6.07 Å². The van der Waals surface area contributed by atoms with Crippen molar-refractivity contribution in [1.82, 2.24) is 9.97 Å². The van der Waals surface area contributed by atoms with Gasteiger partial charge in [0.15, 0.2) is 23.9 Å². The van der Waals surface area contributed by atoms with Crippen molar-refractivity contribution in [2.75, 3.05) is 26.6 Å². The summed E-state index contributed by atoms with van der Waals surface area (Å²) < 4.78 is 25.8. The van der Waals surface area contributed by atoms with E-state index in [9.17, 15) is 19.7 Å². The smallest absolute Gasteiger partial charge is 0.345 e. The highest BCUT2D eigenvalue weighted by Crippen LogP contribution is 2.35. The standard InChI is InChI=1S/C20H20N4O9/c1-5-31-20(26)15-9(2)33-18-16(15)17(21)22-14(23-18)8-32-19(25)10-6-12(29-3)13(30-4)7-11(10)24(27)28/h6-7H,5,8H2,1-4H3,(H2,21,22,23). The third kappa shape index (κ3) is 4.46. The maximum atomic E-state index is 12.6. The molecule has 0 saturated carbocycles. The SMILES string of the molecule is CCOC(=O)c1c(C)oc2nc(COC(=O)c3cc(OC)c(OC)cc3[N+](=O)[O-])nc(N)c12. The molecule has 2 heterocycles. The van der Waals surface area contributed by atoms with Crippen molar-refractivity contribution in [3.8, 4) is 11.5 Å². The van der Waals surface area contributed by atoms with Crippen LogP contribution in [0.1, 0.15) is 39.2 Å². The number of aromatic nitrogens is 2. The first-order chi connectivity index (χ1) is 15.7. The summed E-state index contributed by atoms with van der Waals surface area (Å²) >= 11 is 0. The van der Waals surface area contributed by atoms with Gasteiger partial charge in [-0.3, -0.25) is 10.1 Å². The van der Waals surface area contributed by atoms with Crippen LogP contribution in [-0.4, -0.2) is 47.7 Å². The van der Waals surface area contributed by atoms with Crippen molar-refractivity contribution in [3.63, 3.8) is 0 Å². The molecule has 174 valence electrons. The number of nitro groups is 1. The van der Waals surface area contributed by atoms with Gasteiger partial charge in [0.05, 0.1) is 37.2 Å². The lowest BCUT2D eigenvalue weighted by atomic mass is 10.1. The molecule has 3 rings (SSSR count). The highest BCUT2D eigenvalue weighted by Gasteiger charge is 2.27. The second-order valence-electron chi connectivity index (χ2n) is 6.52. The number of carbonyl (C=O) groups excluding carboxylic acids is 2. The van der Waals surface area contributed by atoms with Crippen LogP contribution in [0, 0.1) is 17.0 Å². The predicted octanol–water partition coefficient (Wildman–Crippen LogP) is 2.57. The van der Waals surface area contributed by atoms with Crippen molar-refractivity contribution < 1.29 is 37.9 Å². The van der Waals surface area contributed by atoms with Gasteiger partial charge in [-0.1, -0.05) is 0 Å². The summed E-state index contributed by atoms with van der Waals surface area (Å²) in [6, 6.07) is 2.19. The van der Waals surface area contributed by atoms with Crippen molar-refractivity contribution in [2.45, 2.75) is 20.5 Å². The average molecular weight is 460 g/mol. The first-order valence-corrected chi connectivity index (χ1v) is 9.51. The quantitative estimate of drug-likeness (QED) is 0.295. The molecule has 0 radical (unpaired) electrons. The molecule has 0 spiro atoms. The lowest BCUT2D eigenvalue weighted by Gasteiger charge is -2.10. The van der Waals surface area contributed by atoms with E-state index in [0.717, 1.165) is 12.1 Å². The average Bonchev–Trinajstić information content (AvgIpc) is 3.12. The van der Waals surface area contributed by atoms with E-state index in [2.05, 4.69) is 9.97 Å². The Morgan fingerprint density at radius 2 is 1.79 bits per heavy atom. The van der Waals surface area contributed by atoms with Crippen molar-refractivity contribution in [1.29, 1.82) is 0 Å². The molecule has 3 aromatic rings. The van der Waals surface area contributed by atoms with Crippen LogP contribution in [0.3, 0.4) is 0 Å². The van der Waals surface area contributed by atoms with Crippen LogP contribution in [0.5, 0.6) is 11.5 Å². The molecule has 0 aliphatic heterocycles. The number of aryl methyl sites for hydroxylation is 1. The Morgan fingerprint density at radius 1 is 1.12 bits per heavy atom. The number of nitrogen functional groups attached to an aromatic ring is 1. The van der Waals surface area contributed by atoms with Gasteiger partial charge < -0.3 is 29.1 Å². The first-order valence-electron chi connectivity index (χ1n) is 9.51. The summed E-state index contributed by atoms with van der Waals surface area (Å²) in [4.78, 5) is 43.6. The van der Waals surface area contributed by atoms with E-state index in [0.29, 0.717) is 0 Å². The van der Waals surface area contributed by atoms with E-state index in [1.807, 2.05) is 0 Å². The zero-order valence-corrected chi connectivity index (χ0v) is 18.2. The number of ether oxygens (including phenoxy) is 4. The molecule has 0 aliphatic carbocycles. The van der Waals surface area contributed by atoms with Crippen LogP contribution < -0.4 is 15.2 Å². The number of hydrogen-bond acceptors (Lipinski definition) is 12. The molecule has 13 heteroatoms. The van der Waals surface area contributed by atoms with Gasteiger partial charge >= 0.3 is 11.9 Å². The van der Waals surface area contributed by atoms with Crippen LogP contribution in [-0.2, 0) is 16.1 Å². The maximum Gasteiger partial charge on any atom is 0.345 e. The molecule has 0 bridgehead atoms. The fourth-order valence-corrected chi connectivity index (χ4v) is 3.09. The molecule has 0 amide bonds. The molecule has 2 aromatic heterocycles. The number of nitrogens with zero attached hydrogens (tertiary/aromatic N) is 3. The summed E-state index contributed by atoms with van der Waals surface area (Å²) in [7, 11) is 2.63. The molecule has 1 aromatic carbocycles. The molecule has 0 unspecified atom stereocenters. The van der Waals surface area contributed by atoms with Gasteiger partial charge in [-0.25, -0.2) is 14.6 Å². The summed E-state index contributed by atoms with van der Waals surface area (Å²) in [5, 5.41) is 11.6. The topological polar surface area (TPSA) is 179 Å². The predicted molar refractivity (Wildman–Crippen MR) is 112 cm³/mol. The Hall–Kier alpha value is -4.42. The summed E-state index contributed by atoms with van der Waals surface area (Å²) in [5.41, 5.74) is 5.20. The van der Waals surface area contributed by atoms with Gasteiger partial charge in [-0.2, -0.15) is 4.98 Å². The molecule has 2 N–H and O–H groups in total. The first kappa shape index (κ1) is 23.2. The second-order valence-corrected chi connectivity index (χ2v) is 6.52. The summed E-state index contributed by atoms with van der Waals surface area (Å²) in [5.74, 6) is -1.36. The highest BCUT2D eigenvalue weighted by molar-refractivity contribution is 6.07. The molecule has 0 atom stereocenters.